The molecule has 0 bridgehead atoms. The summed E-state index contributed by atoms with van der Waals surface area (Å²) in [6.07, 6.45) is 22.1. The Kier molecular flexibility index (Phi) is 40.3. The summed E-state index contributed by atoms with van der Waals surface area (Å²) in [5.74, 6) is 0. The van der Waals surface area contributed by atoms with Crippen molar-refractivity contribution in [3.8, 4) is 0 Å². The first-order valence-electron chi connectivity index (χ1n) is 16.4. The molecule has 0 saturated carbocycles. The molecule has 0 aromatic heterocycles. The summed E-state index contributed by atoms with van der Waals surface area (Å²) in [5.41, 5.74) is 0. The lowest BCUT2D eigenvalue weighted by Gasteiger charge is -2.39. The fourth-order valence-corrected chi connectivity index (χ4v) is 5.29. The number of hydrogen-bond acceptors (Lipinski definition) is 1. The van der Waals surface area contributed by atoms with Gasteiger partial charge in [0.05, 0.1) is 52.4 Å². The van der Waals surface area contributed by atoms with Gasteiger partial charge in [-0.2, -0.15) is 0 Å². The van der Waals surface area contributed by atoms with E-state index >= 15 is 0 Å². The van der Waals surface area contributed by atoms with Crippen molar-refractivity contribution in [1.29, 1.82) is 5.26 Å². The maximum Gasteiger partial charge on any atom is 0.0786 e. The molecule has 0 saturated heterocycles. The molecule has 0 rings (SSSR count). The van der Waals surface area contributed by atoms with E-state index in [2.05, 4.69) is 55.4 Å². The molecule has 0 aliphatic heterocycles. The highest BCUT2D eigenvalue weighted by molar-refractivity contribution is 4.50. The lowest BCUT2D eigenvalue weighted by atomic mass is 10.1. The van der Waals surface area contributed by atoms with Gasteiger partial charge in [-0.05, 0) is 51.4 Å². The van der Waals surface area contributed by atoms with Crippen molar-refractivity contribution in [3.05, 3.63) is 6.57 Å². The first kappa shape index (κ1) is 43.9. The van der Waals surface area contributed by atoms with Gasteiger partial charge in [0.25, 0.3) is 0 Å². The normalized spacial score (nSPS) is 11.1. The molecular weight excluding hydrogens is 518 g/mol. The van der Waals surface area contributed by atoms with E-state index in [0.717, 1.165) is 0 Å². The summed E-state index contributed by atoms with van der Waals surface area (Å²) in [4.78, 5) is 0. The number of unbranched alkanes of at least 4 members (excludes halogenated alkanes) is 8. The monoisotopic (exact) mass is 589 g/mol. The smallest absolute Gasteiger partial charge is 0.0786 e. The van der Waals surface area contributed by atoms with Crippen LogP contribution in [0.5, 0.6) is 0 Å². The van der Waals surface area contributed by atoms with E-state index in [1.165, 1.54) is 164 Å². The van der Waals surface area contributed by atoms with E-state index in [-0.39, 0.29) is 17.0 Å². The van der Waals surface area contributed by atoms with Gasteiger partial charge in [-0.3, -0.25) is 0 Å². The van der Waals surface area contributed by atoms with E-state index in [1.54, 1.807) is 0 Å². The number of halogens is 1. The van der Waals surface area contributed by atoms with Crippen molar-refractivity contribution >= 4 is 0 Å². The summed E-state index contributed by atoms with van der Waals surface area (Å²) < 4.78 is 2.84. The van der Waals surface area contributed by atoms with Crippen LogP contribution in [0.25, 0.3) is 0 Å². The molecule has 4 heteroatoms. The van der Waals surface area contributed by atoms with Crippen LogP contribution >= 0.6 is 0 Å². The lowest BCUT2D eigenvalue weighted by molar-refractivity contribution is -0.929. The molecule has 0 aliphatic rings. The van der Waals surface area contributed by atoms with Crippen molar-refractivity contribution in [2.75, 3.05) is 52.4 Å². The Balaban J connectivity index is -0.000000269. The van der Waals surface area contributed by atoms with Crippen molar-refractivity contribution in [1.82, 2.24) is 0 Å². The van der Waals surface area contributed by atoms with Crippen molar-refractivity contribution in [2.24, 2.45) is 0 Å². The quantitative estimate of drug-likeness (QED) is 0.0869. The predicted molar refractivity (Wildman–Crippen MR) is 164 cm³/mol. The first-order valence-corrected chi connectivity index (χ1v) is 16.4. The number of hydrogen-bond donors (Lipinski definition) is 0. The van der Waals surface area contributed by atoms with E-state index in [1.807, 2.05) is 0 Å². The van der Waals surface area contributed by atoms with E-state index < -0.39 is 0 Å². The number of nitrogens with zero attached hydrogens (tertiary/aromatic N) is 3. The molecule has 0 aromatic rings. The minimum absolute atomic E-state index is 0. The molecule has 0 radical (unpaired) electrons. The molecule has 0 spiro atoms. The summed E-state index contributed by atoms with van der Waals surface area (Å²) >= 11 is 0. The predicted octanol–water partition coefficient (Wildman–Crippen LogP) is 7.11. The molecule has 0 N–H and O–H groups in total. The van der Waals surface area contributed by atoms with Gasteiger partial charge in [-0.25, -0.2) is 0 Å². The fourth-order valence-electron chi connectivity index (χ4n) is 5.29. The minimum Gasteiger partial charge on any atom is -1.00 e. The largest absolute Gasteiger partial charge is 1.00 e. The van der Waals surface area contributed by atoms with Crippen LogP contribution in [0.1, 0.15) is 158 Å². The SMILES string of the molecule is CCCC[N+](CCCC)(CCCC)CCCC.CCCC[N+](CCCC)(CCCC)CCCC.[Br-].[C-]#N. The highest BCUT2D eigenvalue weighted by Gasteiger charge is 2.25. The Morgan fingerprint density at radius 2 is 0.432 bits per heavy atom. The van der Waals surface area contributed by atoms with E-state index in [4.69, 9.17) is 11.8 Å². The second-order valence-electron chi connectivity index (χ2n) is 11.3. The van der Waals surface area contributed by atoms with Gasteiger partial charge in [0.15, 0.2) is 0 Å². The third-order valence-corrected chi connectivity index (χ3v) is 7.89. The fraction of sp³-hybridized carbons (Fsp3) is 0.970. The van der Waals surface area contributed by atoms with Gasteiger partial charge in [0, 0.05) is 0 Å². The summed E-state index contributed by atoms with van der Waals surface area (Å²) in [6, 6.07) is 0. The van der Waals surface area contributed by atoms with Crippen LogP contribution in [0.2, 0.25) is 0 Å². The van der Waals surface area contributed by atoms with Crippen LogP contribution in [0.3, 0.4) is 0 Å². The average molecular weight is 591 g/mol. The van der Waals surface area contributed by atoms with Crippen molar-refractivity contribution in [3.63, 3.8) is 0 Å². The standard InChI is InChI=1S/2C16H36N.CN.BrH/c2*1-5-9-13-17(14-10-6-2,15-11-7-3)16-12-8-4;1-2;/h2*5-16H2,1-4H3;;1H/q2*+1;-1;/p-1. The van der Waals surface area contributed by atoms with Crippen LogP contribution in [-0.4, -0.2) is 61.3 Å². The highest BCUT2D eigenvalue weighted by atomic mass is 79.9. The van der Waals surface area contributed by atoms with Crippen LogP contribution in [0.4, 0.5) is 0 Å². The van der Waals surface area contributed by atoms with Crippen LogP contribution in [0, 0.1) is 11.8 Å². The van der Waals surface area contributed by atoms with Crippen molar-refractivity contribution in [2.45, 2.75) is 158 Å². The maximum atomic E-state index is 6.25. The van der Waals surface area contributed by atoms with E-state index in [9.17, 15) is 0 Å². The van der Waals surface area contributed by atoms with Gasteiger partial charge >= 0.3 is 0 Å². The molecule has 0 unspecified atom stereocenters. The zero-order chi connectivity index (χ0) is 28.0. The molecule has 0 aromatic carbocycles. The van der Waals surface area contributed by atoms with Crippen LogP contribution in [-0.2, 0) is 0 Å². The Morgan fingerprint density at radius 1 is 0.324 bits per heavy atom. The zero-order valence-electron chi connectivity index (χ0n) is 27.2. The topological polar surface area (TPSA) is 23.8 Å². The zero-order valence-corrected chi connectivity index (χ0v) is 28.8. The summed E-state index contributed by atoms with van der Waals surface area (Å²) in [5, 5.41) is 6.25. The Hall–Kier alpha value is -0.110. The Morgan fingerprint density at radius 3 is 0.514 bits per heavy atom. The van der Waals surface area contributed by atoms with Gasteiger partial charge in [0.1, 0.15) is 0 Å². The molecule has 0 atom stereocenters. The number of quaternary nitrogens is 2. The highest BCUT2D eigenvalue weighted by Crippen LogP contribution is 2.17. The van der Waals surface area contributed by atoms with Gasteiger partial charge in [0.2, 0.25) is 0 Å². The third-order valence-electron chi connectivity index (χ3n) is 7.89. The number of rotatable bonds is 24. The second-order valence-corrected chi connectivity index (χ2v) is 11.3. The van der Waals surface area contributed by atoms with Crippen LogP contribution in [0.15, 0.2) is 0 Å². The van der Waals surface area contributed by atoms with Gasteiger partial charge in [-0.1, -0.05) is 107 Å². The molecule has 0 amide bonds. The van der Waals surface area contributed by atoms with Crippen LogP contribution < -0.4 is 17.0 Å². The molecule has 3 nitrogen and oxygen atoms in total. The molecule has 0 heterocycles. The minimum atomic E-state index is 0. The molecular formula is C33H72BrN3. The Bertz CT molecular complexity index is 314. The summed E-state index contributed by atoms with van der Waals surface area (Å²) in [7, 11) is 0. The second kappa shape index (κ2) is 33.9. The van der Waals surface area contributed by atoms with Crippen molar-refractivity contribution < 1.29 is 25.9 Å². The third kappa shape index (κ3) is 25.9. The van der Waals surface area contributed by atoms with Gasteiger partial charge in [-0.15, -0.1) is 0 Å². The lowest BCUT2D eigenvalue weighted by Crippen LogP contribution is -3.00. The average Bonchev–Trinajstić information content (AvgIpc) is 2.93. The Labute approximate surface area is 247 Å². The summed E-state index contributed by atoms with van der Waals surface area (Å²) in [6.45, 7) is 34.8. The first-order chi connectivity index (χ1) is 17.5. The molecule has 226 valence electrons. The molecule has 0 fully saturated rings. The maximum absolute atomic E-state index is 6.25. The molecule has 0 aliphatic carbocycles. The molecule has 37 heavy (non-hydrogen) atoms. The van der Waals surface area contributed by atoms with Gasteiger partial charge < -0.3 is 37.8 Å². The van der Waals surface area contributed by atoms with E-state index in [0.29, 0.717) is 0 Å².